The van der Waals surface area contributed by atoms with Crippen LogP contribution in [0.5, 0.6) is 0 Å². The third-order valence-corrected chi connectivity index (χ3v) is 4.97. The Morgan fingerprint density at radius 3 is 2.70 bits per heavy atom. The molecule has 1 aliphatic rings. The molecule has 1 amide bonds. The first-order valence-corrected chi connectivity index (χ1v) is 9.00. The van der Waals surface area contributed by atoms with E-state index in [-0.39, 0.29) is 29.3 Å². The maximum atomic E-state index is 12.2. The van der Waals surface area contributed by atoms with E-state index in [0.717, 1.165) is 12.8 Å². The molecule has 0 radical (unpaired) electrons. The normalized spacial score (nSPS) is 15.6. The van der Waals surface area contributed by atoms with Crippen LogP contribution in [-0.4, -0.2) is 33.5 Å². The molecule has 1 aliphatic carbocycles. The highest BCUT2D eigenvalue weighted by molar-refractivity contribution is 7.89. The van der Waals surface area contributed by atoms with E-state index in [1.54, 1.807) is 12.1 Å². The molecule has 1 aromatic rings. The number of hydrogen-bond acceptors (Lipinski definition) is 4. The van der Waals surface area contributed by atoms with Crippen molar-refractivity contribution in [2.45, 2.75) is 37.1 Å². The highest BCUT2D eigenvalue weighted by Crippen LogP contribution is 2.28. The maximum absolute atomic E-state index is 12.2. The first-order valence-electron chi connectivity index (χ1n) is 7.52. The molecule has 8 heteroatoms. The second-order valence-electron chi connectivity index (χ2n) is 5.84. The van der Waals surface area contributed by atoms with Crippen LogP contribution in [0.2, 0.25) is 0 Å². The van der Waals surface area contributed by atoms with Crippen molar-refractivity contribution in [2.75, 3.05) is 13.1 Å². The van der Waals surface area contributed by atoms with Gasteiger partial charge >= 0.3 is 0 Å². The Bertz CT molecular complexity index is 631. The number of carbonyl (C=O) groups is 1. The molecule has 1 unspecified atom stereocenters. The van der Waals surface area contributed by atoms with Crippen LogP contribution in [0, 0.1) is 5.92 Å². The number of halogens is 1. The van der Waals surface area contributed by atoms with Crippen molar-refractivity contribution in [3.63, 3.8) is 0 Å². The van der Waals surface area contributed by atoms with Crippen molar-refractivity contribution in [2.24, 2.45) is 11.7 Å². The summed E-state index contributed by atoms with van der Waals surface area (Å²) < 4.78 is 27.0. The number of hydrogen-bond donors (Lipinski definition) is 3. The van der Waals surface area contributed by atoms with Gasteiger partial charge < -0.3 is 11.1 Å². The Morgan fingerprint density at radius 1 is 1.39 bits per heavy atom. The topological polar surface area (TPSA) is 101 Å². The summed E-state index contributed by atoms with van der Waals surface area (Å²) in [6.07, 6.45) is 2.82. The van der Waals surface area contributed by atoms with E-state index in [9.17, 15) is 13.2 Å². The van der Waals surface area contributed by atoms with E-state index in [4.69, 9.17) is 5.73 Å². The molecule has 1 aromatic carbocycles. The van der Waals surface area contributed by atoms with E-state index in [0.29, 0.717) is 31.0 Å². The van der Waals surface area contributed by atoms with Crippen LogP contribution < -0.4 is 15.8 Å². The molecule has 0 aliphatic heterocycles. The second-order valence-corrected chi connectivity index (χ2v) is 7.61. The lowest BCUT2D eigenvalue weighted by Crippen LogP contribution is -2.29. The summed E-state index contributed by atoms with van der Waals surface area (Å²) in [7, 11) is -3.56. The molecule has 1 fully saturated rings. The number of nitrogens with two attached hydrogens (primary N) is 1. The van der Waals surface area contributed by atoms with Crippen molar-refractivity contribution < 1.29 is 13.2 Å². The van der Waals surface area contributed by atoms with Crippen LogP contribution >= 0.6 is 12.4 Å². The molecule has 23 heavy (non-hydrogen) atoms. The fraction of sp³-hybridized carbons (Fsp3) is 0.533. The zero-order valence-corrected chi connectivity index (χ0v) is 14.8. The van der Waals surface area contributed by atoms with E-state index in [2.05, 4.69) is 10.0 Å². The van der Waals surface area contributed by atoms with Crippen LogP contribution in [0.15, 0.2) is 29.2 Å². The minimum Gasteiger partial charge on any atom is -0.352 e. The van der Waals surface area contributed by atoms with Gasteiger partial charge in [0, 0.05) is 24.7 Å². The molecular formula is C15H24ClN3O3S. The first-order chi connectivity index (χ1) is 10.4. The van der Waals surface area contributed by atoms with Gasteiger partial charge in [-0.15, -0.1) is 12.4 Å². The average Bonchev–Trinajstić information content (AvgIpc) is 3.29. The molecule has 4 N–H and O–H groups in total. The van der Waals surface area contributed by atoms with E-state index in [1.165, 1.54) is 12.1 Å². The molecule has 0 aromatic heterocycles. The molecule has 6 nitrogen and oxygen atoms in total. The predicted molar refractivity (Wildman–Crippen MR) is 92.2 cm³/mol. The molecule has 0 heterocycles. The Kier molecular flexibility index (Phi) is 7.47. The highest BCUT2D eigenvalue weighted by atomic mass is 35.5. The van der Waals surface area contributed by atoms with E-state index in [1.807, 2.05) is 6.92 Å². The average molecular weight is 362 g/mol. The van der Waals surface area contributed by atoms with Crippen LogP contribution in [0.25, 0.3) is 0 Å². The summed E-state index contributed by atoms with van der Waals surface area (Å²) in [6, 6.07) is 6.08. The monoisotopic (exact) mass is 361 g/mol. The van der Waals surface area contributed by atoms with Crippen molar-refractivity contribution in [1.82, 2.24) is 10.0 Å². The Morgan fingerprint density at radius 2 is 2.09 bits per heavy atom. The summed E-state index contributed by atoms with van der Waals surface area (Å²) in [5.41, 5.74) is 5.95. The maximum Gasteiger partial charge on any atom is 0.251 e. The Balaban J connectivity index is 0.00000264. The van der Waals surface area contributed by atoms with Gasteiger partial charge in [0.05, 0.1) is 4.90 Å². The van der Waals surface area contributed by atoms with Crippen LogP contribution in [0.1, 0.15) is 36.5 Å². The van der Waals surface area contributed by atoms with Crippen molar-refractivity contribution in [3.8, 4) is 0 Å². The molecular weight excluding hydrogens is 338 g/mol. The smallest absolute Gasteiger partial charge is 0.251 e. The van der Waals surface area contributed by atoms with Crippen molar-refractivity contribution in [3.05, 3.63) is 29.8 Å². The van der Waals surface area contributed by atoms with Gasteiger partial charge in [-0.05, 0) is 50.3 Å². The van der Waals surface area contributed by atoms with Gasteiger partial charge in [-0.3, -0.25) is 4.79 Å². The van der Waals surface area contributed by atoms with Gasteiger partial charge in [0.1, 0.15) is 0 Å². The van der Waals surface area contributed by atoms with Crippen LogP contribution in [0.3, 0.4) is 0 Å². The van der Waals surface area contributed by atoms with Gasteiger partial charge in [-0.2, -0.15) is 0 Å². The van der Waals surface area contributed by atoms with Gasteiger partial charge in [-0.1, -0.05) is 6.07 Å². The molecule has 1 saturated carbocycles. The minimum absolute atomic E-state index is 0. The molecule has 0 spiro atoms. The van der Waals surface area contributed by atoms with Crippen molar-refractivity contribution in [1.29, 1.82) is 0 Å². The predicted octanol–water partition coefficient (Wildman–Crippen LogP) is 1.26. The third kappa shape index (κ3) is 6.47. The zero-order valence-electron chi connectivity index (χ0n) is 13.1. The lowest BCUT2D eigenvalue weighted by atomic mass is 10.2. The summed E-state index contributed by atoms with van der Waals surface area (Å²) in [4.78, 5) is 12.1. The highest BCUT2D eigenvalue weighted by Gasteiger charge is 2.24. The lowest BCUT2D eigenvalue weighted by Gasteiger charge is -2.09. The molecule has 1 atom stereocenters. The molecule has 0 saturated heterocycles. The standard InChI is InChI=1S/C15H23N3O3S.ClH/c1-11(16)7-8-17-15(19)13-3-2-4-14(9-13)22(20,21)18-10-12-5-6-12;/h2-4,9,11-12,18H,5-8,10,16H2,1H3,(H,17,19);1H. The van der Waals surface area contributed by atoms with E-state index < -0.39 is 10.0 Å². The largest absolute Gasteiger partial charge is 0.352 e. The van der Waals surface area contributed by atoms with Crippen LogP contribution in [0.4, 0.5) is 0 Å². The van der Waals surface area contributed by atoms with Gasteiger partial charge in [-0.25, -0.2) is 13.1 Å². The number of sulfonamides is 1. The molecule has 130 valence electrons. The molecule has 2 rings (SSSR count). The van der Waals surface area contributed by atoms with Crippen molar-refractivity contribution >= 4 is 28.3 Å². The SMILES string of the molecule is CC(N)CCNC(=O)c1cccc(S(=O)(=O)NCC2CC2)c1.Cl. The summed E-state index contributed by atoms with van der Waals surface area (Å²) in [5.74, 6) is 0.166. The summed E-state index contributed by atoms with van der Waals surface area (Å²) in [5, 5.41) is 2.74. The van der Waals surface area contributed by atoms with Crippen LogP contribution in [-0.2, 0) is 10.0 Å². The number of rotatable bonds is 8. The number of benzene rings is 1. The van der Waals surface area contributed by atoms with Gasteiger partial charge in [0.2, 0.25) is 10.0 Å². The lowest BCUT2D eigenvalue weighted by molar-refractivity contribution is 0.0952. The third-order valence-electron chi connectivity index (χ3n) is 3.55. The van der Waals surface area contributed by atoms with E-state index >= 15 is 0 Å². The number of carbonyl (C=O) groups excluding carboxylic acids is 1. The number of amides is 1. The first kappa shape index (κ1) is 19.9. The number of nitrogens with one attached hydrogen (secondary N) is 2. The second kappa shape index (κ2) is 8.63. The summed E-state index contributed by atoms with van der Waals surface area (Å²) >= 11 is 0. The Labute approximate surface area is 143 Å². The fourth-order valence-electron chi connectivity index (χ4n) is 1.95. The minimum atomic E-state index is -3.56. The van der Waals surface area contributed by atoms with Gasteiger partial charge in [0.15, 0.2) is 0 Å². The Hall–Kier alpha value is -1.15. The molecule has 0 bridgehead atoms. The summed E-state index contributed by atoms with van der Waals surface area (Å²) in [6.45, 7) is 2.80. The quantitative estimate of drug-likeness (QED) is 0.648. The van der Waals surface area contributed by atoms with Gasteiger partial charge in [0.25, 0.3) is 5.91 Å². The fourth-order valence-corrected chi connectivity index (χ4v) is 3.11. The zero-order chi connectivity index (χ0) is 16.2.